The summed E-state index contributed by atoms with van der Waals surface area (Å²) in [5.41, 5.74) is 0.521. The molecule has 25 heavy (non-hydrogen) atoms. The van der Waals surface area contributed by atoms with Gasteiger partial charge in [0.15, 0.2) is 0 Å². The molecule has 138 valence electrons. The number of piperidine rings is 1. The fraction of sp³-hybridized carbons (Fsp3) is 0.579. The van der Waals surface area contributed by atoms with Gasteiger partial charge in [-0.15, -0.1) is 0 Å². The number of amides is 2. The summed E-state index contributed by atoms with van der Waals surface area (Å²) in [5.74, 6) is 0.358. The Kier molecular flexibility index (Phi) is 7.73. The molecular weight excluding hydrogens is 318 g/mol. The summed E-state index contributed by atoms with van der Waals surface area (Å²) >= 11 is 0. The molecule has 1 heterocycles. The largest absolute Gasteiger partial charge is 0.494 e. The van der Waals surface area contributed by atoms with E-state index >= 15 is 0 Å². The molecule has 1 aromatic carbocycles. The van der Waals surface area contributed by atoms with Gasteiger partial charge in [0.05, 0.1) is 32.8 Å². The van der Waals surface area contributed by atoms with Crippen molar-refractivity contribution < 1.29 is 19.2 Å². The van der Waals surface area contributed by atoms with E-state index in [-0.39, 0.29) is 24.4 Å². The third-order valence-electron chi connectivity index (χ3n) is 4.50. The number of nitrogens with one attached hydrogen (secondary N) is 3. The molecule has 0 unspecified atom stereocenters. The maximum Gasteiger partial charge on any atom is 0.251 e. The Bertz CT molecular complexity index is 552. The lowest BCUT2D eigenvalue weighted by atomic mass is 10.0. The fourth-order valence-corrected chi connectivity index (χ4v) is 3.18. The maximum absolute atomic E-state index is 12.1. The minimum absolute atomic E-state index is 0.00801. The van der Waals surface area contributed by atoms with Gasteiger partial charge >= 0.3 is 0 Å². The fourth-order valence-electron chi connectivity index (χ4n) is 3.18. The van der Waals surface area contributed by atoms with Crippen molar-refractivity contribution in [1.82, 2.24) is 10.6 Å². The molecule has 1 aliphatic heterocycles. The van der Waals surface area contributed by atoms with E-state index in [1.807, 2.05) is 6.92 Å². The number of benzene rings is 1. The first-order valence-corrected chi connectivity index (χ1v) is 9.26. The second kappa shape index (κ2) is 10.0. The molecular formula is C19H30N3O3+. The van der Waals surface area contributed by atoms with E-state index < -0.39 is 0 Å². The minimum atomic E-state index is -0.250. The van der Waals surface area contributed by atoms with Gasteiger partial charge in [0.25, 0.3) is 5.91 Å². The second-order valence-corrected chi connectivity index (χ2v) is 6.48. The Balaban J connectivity index is 1.70. The molecule has 1 aliphatic rings. The maximum atomic E-state index is 12.1. The molecule has 1 fully saturated rings. The number of rotatable bonds is 8. The van der Waals surface area contributed by atoms with E-state index in [9.17, 15) is 9.59 Å². The predicted molar refractivity (Wildman–Crippen MR) is 97.0 cm³/mol. The van der Waals surface area contributed by atoms with E-state index in [0.717, 1.165) is 31.7 Å². The van der Waals surface area contributed by atoms with Gasteiger partial charge < -0.3 is 20.3 Å². The number of carbonyl (C=O) groups is 2. The number of quaternary nitrogens is 1. The number of hydrogen-bond acceptors (Lipinski definition) is 3. The standard InChI is InChI=1S/C19H29N3O3/c1-3-11-22-12-9-16(10-13-22)21-18(23)14-20-19(24)15-5-7-17(8-6-15)25-4-2/h5-8,16H,3-4,9-14H2,1-2H3,(H,20,24)(H,21,23)/p+1. The lowest BCUT2D eigenvalue weighted by Gasteiger charge is -2.29. The molecule has 6 heteroatoms. The van der Waals surface area contributed by atoms with Crippen LogP contribution in [0.1, 0.15) is 43.5 Å². The highest BCUT2D eigenvalue weighted by molar-refractivity contribution is 5.96. The number of carbonyl (C=O) groups excluding carboxylic acids is 2. The Morgan fingerprint density at radius 3 is 2.44 bits per heavy atom. The molecule has 6 nitrogen and oxygen atoms in total. The zero-order valence-electron chi connectivity index (χ0n) is 15.3. The lowest BCUT2D eigenvalue weighted by molar-refractivity contribution is -0.905. The summed E-state index contributed by atoms with van der Waals surface area (Å²) in [7, 11) is 0. The van der Waals surface area contributed by atoms with Gasteiger partial charge in [-0.25, -0.2) is 0 Å². The van der Waals surface area contributed by atoms with E-state index in [4.69, 9.17) is 4.74 Å². The smallest absolute Gasteiger partial charge is 0.251 e. The average Bonchev–Trinajstić information content (AvgIpc) is 2.62. The third-order valence-corrected chi connectivity index (χ3v) is 4.50. The van der Waals surface area contributed by atoms with Crippen molar-refractivity contribution in [2.45, 2.75) is 39.2 Å². The molecule has 0 radical (unpaired) electrons. The lowest BCUT2D eigenvalue weighted by Crippen LogP contribution is -3.13. The van der Waals surface area contributed by atoms with Crippen LogP contribution in [0.3, 0.4) is 0 Å². The van der Waals surface area contributed by atoms with Crippen LogP contribution < -0.4 is 20.3 Å². The van der Waals surface area contributed by atoms with Crippen LogP contribution in [0.25, 0.3) is 0 Å². The Hall–Kier alpha value is -2.08. The highest BCUT2D eigenvalue weighted by atomic mass is 16.5. The molecule has 2 amide bonds. The third kappa shape index (κ3) is 6.38. The zero-order valence-corrected chi connectivity index (χ0v) is 15.3. The topological polar surface area (TPSA) is 71.9 Å². The van der Waals surface area contributed by atoms with E-state index in [2.05, 4.69) is 17.6 Å². The molecule has 1 saturated heterocycles. The van der Waals surface area contributed by atoms with Crippen molar-refractivity contribution >= 4 is 11.8 Å². The van der Waals surface area contributed by atoms with Crippen molar-refractivity contribution in [3.8, 4) is 5.75 Å². The van der Waals surface area contributed by atoms with Crippen LogP contribution in [0.5, 0.6) is 5.75 Å². The normalized spacial score (nSPS) is 19.9. The van der Waals surface area contributed by atoms with Crippen LogP contribution in [0.2, 0.25) is 0 Å². The first kappa shape index (κ1) is 19.2. The Morgan fingerprint density at radius 1 is 1.16 bits per heavy atom. The molecule has 1 aromatic rings. The number of ether oxygens (including phenoxy) is 1. The summed E-state index contributed by atoms with van der Waals surface area (Å²) in [6.45, 7) is 8.13. The highest BCUT2D eigenvalue weighted by Crippen LogP contribution is 2.11. The van der Waals surface area contributed by atoms with E-state index in [1.165, 1.54) is 13.0 Å². The molecule has 0 aromatic heterocycles. The van der Waals surface area contributed by atoms with E-state index in [1.54, 1.807) is 29.2 Å². The molecule has 0 atom stereocenters. The first-order chi connectivity index (χ1) is 12.1. The number of hydrogen-bond donors (Lipinski definition) is 3. The van der Waals surface area contributed by atoms with Crippen molar-refractivity contribution in [1.29, 1.82) is 0 Å². The SMILES string of the molecule is CCC[NH+]1CCC(NC(=O)CNC(=O)c2ccc(OCC)cc2)CC1. The molecule has 2 rings (SSSR count). The summed E-state index contributed by atoms with van der Waals surface area (Å²) in [6, 6.07) is 7.14. The van der Waals surface area contributed by atoms with Gasteiger partial charge in [0.1, 0.15) is 5.75 Å². The van der Waals surface area contributed by atoms with Crippen molar-refractivity contribution in [3.63, 3.8) is 0 Å². The van der Waals surface area contributed by atoms with Crippen LogP contribution in [-0.4, -0.2) is 50.6 Å². The van der Waals surface area contributed by atoms with Gasteiger partial charge in [-0.1, -0.05) is 6.92 Å². The van der Waals surface area contributed by atoms with Crippen LogP contribution in [-0.2, 0) is 4.79 Å². The molecule has 3 N–H and O–H groups in total. The average molecular weight is 348 g/mol. The van der Waals surface area contributed by atoms with Crippen LogP contribution in [0.15, 0.2) is 24.3 Å². The van der Waals surface area contributed by atoms with Crippen molar-refractivity contribution in [2.24, 2.45) is 0 Å². The van der Waals surface area contributed by atoms with E-state index in [0.29, 0.717) is 12.2 Å². The van der Waals surface area contributed by atoms with Gasteiger partial charge in [-0.3, -0.25) is 9.59 Å². The Morgan fingerprint density at radius 2 is 1.84 bits per heavy atom. The van der Waals surface area contributed by atoms with Gasteiger partial charge in [-0.05, 0) is 37.6 Å². The minimum Gasteiger partial charge on any atom is -0.494 e. The summed E-state index contributed by atoms with van der Waals surface area (Å²) in [5, 5.41) is 5.70. The summed E-state index contributed by atoms with van der Waals surface area (Å²) in [6.07, 6.45) is 3.21. The highest BCUT2D eigenvalue weighted by Gasteiger charge is 2.22. The van der Waals surface area contributed by atoms with Crippen molar-refractivity contribution in [2.75, 3.05) is 32.8 Å². The molecule has 0 aliphatic carbocycles. The predicted octanol–water partition coefficient (Wildman–Crippen LogP) is 0.389. The quantitative estimate of drug-likeness (QED) is 0.636. The van der Waals surface area contributed by atoms with Gasteiger partial charge in [0, 0.05) is 24.4 Å². The second-order valence-electron chi connectivity index (χ2n) is 6.48. The van der Waals surface area contributed by atoms with Crippen molar-refractivity contribution in [3.05, 3.63) is 29.8 Å². The Labute approximate surface area is 149 Å². The summed E-state index contributed by atoms with van der Waals surface area (Å²) < 4.78 is 5.35. The molecule has 0 bridgehead atoms. The van der Waals surface area contributed by atoms with Crippen LogP contribution >= 0.6 is 0 Å². The number of likely N-dealkylation sites (tertiary alicyclic amines) is 1. The van der Waals surface area contributed by atoms with Gasteiger partial charge in [0.2, 0.25) is 5.91 Å². The monoisotopic (exact) mass is 348 g/mol. The van der Waals surface area contributed by atoms with Crippen LogP contribution in [0, 0.1) is 0 Å². The summed E-state index contributed by atoms with van der Waals surface area (Å²) in [4.78, 5) is 25.8. The first-order valence-electron chi connectivity index (χ1n) is 9.26. The molecule has 0 spiro atoms. The zero-order chi connectivity index (χ0) is 18.1. The van der Waals surface area contributed by atoms with Gasteiger partial charge in [-0.2, -0.15) is 0 Å². The molecule has 0 saturated carbocycles. The van der Waals surface area contributed by atoms with Crippen LogP contribution in [0.4, 0.5) is 0 Å².